The normalized spacial score (nSPS) is 10.1. The second-order valence-electron chi connectivity index (χ2n) is 3.56. The van der Waals surface area contributed by atoms with Crippen LogP contribution in [0.4, 0.5) is 5.69 Å². The first-order chi connectivity index (χ1) is 7.65. The number of nitrogen functional groups attached to an aromatic ring is 1. The van der Waals surface area contributed by atoms with Gasteiger partial charge < -0.3 is 11.1 Å². The Balaban J connectivity index is 2.55. The molecule has 0 radical (unpaired) electrons. The van der Waals surface area contributed by atoms with Gasteiger partial charge >= 0.3 is 0 Å². The number of carbonyl (C=O) groups excluding carboxylic acids is 1. The van der Waals surface area contributed by atoms with Crippen molar-refractivity contribution in [1.29, 1.82) is 0 Å². The Morgan fingerprint density at radius 3 is 3.00 bits per heavy atom. The summed E-state index contributed by atoms with van der Waals surface area (Å²) in [5.41, 5.74) is 6.37. The number of nitrogens with one attached hydrogen (secondary N) is 1. The van der Waals surface area contributed by atoms with Crippen LogP contribution in [0.25, 0.3) is 0 Å². The number of anilines is 1. The van der Waals surface area contributed by atoms with Crippen molar-refractivity contribution in [1.82, 2.24) is 10.3 Å². The van der Waals surface area contributed by atoms with Gasteiger partial charge in [-0.05, 0) is 12.5 Å². The molecular weight excluding hydrogens is 226 g/mol. The Hall–Kier alpha value is -1.29. The average molecular weight is 242 g/mol. The van der Waals surface area contributed by atoms with E-state index < -0.39 is 0 Å². The molecule has 1 heterocycles. The van der Waals surface area contributed by atoms with Gasteiger partial charge in [-0.2, -0.15) is 0 Å². The number of pyridine rings is 1. The first kappa shape index (κ1) is 12.8. The predicted octanol–water partition coefficient (Wildman–Crippen LogP) is 2.24. The average Bonchev–Trinajstić information content (AvgIpc) is 2.27. The Bertz CT molecular complexity index is 368. The van der Waals surface area contributed by atoms with Gasteiger partial charge in [0.15, 0.2) is 0 Å². The molecule has 88 valence electrons. The van der Waals surface area contributed by atoms with E-state index in [-0.39, 0.29) is 11.1 Å². The minimum absolute atomic E-state index is 0.196. The zero-order valence-electron chi connectivity index (χ0n) is 9.29. The number of unbranched alkanes of at least 4 members (excludes halogenated alkanes) is 2. The van der Waals surface area contributed by atoms with Crippen LogP contribution in [0.5, 0.6) is 0 Å². The molecule has 0 aliphatic rings. The smallest absolute Gasteiger partial charge is 0.253 e. The maximum Gasteiger partial charge on any atom is 0.253 e. The first-order valence-electron chi connectivity index (χ1n) is 5.34. The second-order valence-corrected chi connectivity index (χ2v) is 3.94. The second kappa shape index (κ2) is 6.33. The lowest BCUT2D eigenvalue weighted by Crippen LogP contribution is -2.25. The summed E-state index contributed by atoms with van der Waals surface area (Å²) < 4.78 is 0. The summed E-state index contributed by atoms with van der Waals surface area (Å²) in [6.45, 7) is 2.77. The van der Waals surface area contributed by atoms with Crippen LogP contribution < -0.4 is 11.1 Å². The molecule has 1 rings (SSSR count). The summed E-state index contributed by atoms with van der Waals surface area (Å²) in [7, 11) is 0. The quantitative estimate of drug-likeness (QED) is 0.614. The van der Waals surface area contributed by atoms with Crippen LogP contribution in [0.3, 0.4) is 0 Å². The molecule has 0 bridgehead atoms. The molecule has 0 aliphatic heterocycles. The molecule has 4 nitrogen and oxygen atoms in total. The van der Waals surface area contributed by atoms with E-state index in [1.807, 2.05) is 0 Å². The molecule has 0 saturated heterocycles. The fraction of sp³-hybridized carbons (Fsp3) is 0.455. The number of hydrogen-bond donors (Lipinski definition) is 2. The molecule has 0 aromatic carbocycles. The highest BCUT2D eigenvalue weighted by Crippen LogP contribution is 2.14. The molecule has 0 spiro atoms. The summed E-state index contributed by atoms with van der Waals surface area (Å²) in [6.07, 6.45) is 4.59. The monoisotopic (exact) mass is 241 g/mol. The molecular formula is C11H16ClN3O. The van der Waals surface area contributed by atoms with Crippen LogP contribution in [0.15, 0.2) is 12.3 Å². The van der Waals surface area contributed by atoms with Crippen LogP contribution in [-0.2, 0) is 0 Å². The topological polar surface area (TPSA) is 68.0 Å². The van der Waals surface area contributed by atoms with Crippen molar-refractivity contribution in [3.63, 3.8) is 0 Å². The van der Waals surface area contributed by atoms with Crippen molar-refractivity contribution in [3.05, 3.63) is 23.0 Å². The molecule has 0 atom stereocenters. The molecule has 16 heavy (non-hydrogen) atoms. The Morgan fingerprint density at radius 2 is 2.31 bits per heavy atom. The molecule has 0 fully saturated rings. The highest BCUT2D eigenvalue weighted by Gasteiger charge is 2.09. The minimum Gasteiger partial charge on any atom is -0.397 e. The molecule has 1 amide bonds. The number of amides is 1. The van der Waals surface area contributed by atoms with Crippen molar-refractivity contribution in [3.8, 4) is 0 Å². The standard InChI is InChI=1S/C11H16ClN3O/c1-2-3-4-5-14-11(16)8-6-10(12)15-7-9(8)13/h6-7H,2-5,13H2,1H3,(H,14,16). The lowest BCUT2D eigenvalue weighted by atomic mass is 10.2. The number of rotatable bonds is 5. The Labute approximate surface area is 100 Å². The molecule has 0 aliphatic carbocycles. The molecule has 3 N–H and O–H groups in total. The largest absolute Gasteiger partial charge is 0.397 e. The fourth-order valence-electron chi connectivity index (χ4n) is 1.31. The van der Waals surface area contributed by atoms with E-state index in [0.29, 0.717) is 17.8 Å². The van der Waals surface area contributed by atoms with Crippen LogP contribution in [-0.4, -0.2) is 17.4 Å². The highest BCUT2D eigenvalue weighted by molar-refractivity contribution is 6.29. The van der Waals surface area contributed by atoms with E-state index >= 15 is 0 Å². The summed E-state index contributed by atoms with van der Waals surface area (Å²) in [5.74, 6) is -0.196. The van der Waals surface area contributed by atoms with Crippen LogP contribution in [0.2, 0.25) is 5.15 Å². The minimum atomic E-state index is -0.196. The number of aromatic nitrogens is 1. The van der Waals surface area contributed by atoms with Crippen LogP contribution in [0.1, 0.15) is 36.5 Å². The SMILES string of the molecule is CCCCCNC(=O)c1cc(Cl)ncc1N. The molecule has 1 aromatic rings. The lowest BCUT2D eigenvalue weighted by Gasteiger charge is -2.07. The number of hydrogen-bond acceptors (Lipinski definition) is 3. The van der Waals surface area contributed by atoms with E-state index in [0.717, 1.165) is 19.3 Å². The van der Waals surface area contributed by atoms with Gasteiger partial charge in [-0.15, -0.1) is 0 Å². The maximum absolute atomic E-state index is 11.7. The van der Waals surface area contributed by atoms with Crippen molar-refractivity contribution in [2.24, 2.45) is 0 Å². The molecule has 0 unspecified atom stereocenters. The van der Waals surface area contributed by atoms with Crippen molar-refractivity contribution >= 4 is 23.2 Å². The first-order valence-corrected chi connectivity index (χ1v) is 5.72. The number of nitrogens with two attached hydrogens (primary N) is 1. The lowest BCUT2D eigenvalue weighted by molar-refractivity contribution is 0.0954. The van der Waals surface area contributed by atoms with Gasteiger partial charge in [0.05, 0.1) is 17.4 Å². The van der Waals surface area contributed by atoms with Gasteiger partial charge in [-0.25, -0.2) is 4.98 Å². The van der Waals surface area contributed by atoms with Gasteiger partial charge in [0.2, 0.25) is 0 Å². The van der Waals surface area contributed by atoms with Gasteiger partial charge in [-0.3, -0.25) is 4.79 Å². The molecule has 1 aromatic heterocycles. The van der Waals surface area contributed by atoms with Crippen molar-refractivity contribution in [2.75, 3.05) is 12.3 Å². The van der Waals surface area contributed by atoms with E-state index in [2.05, 4.69) is 17.2 Å². The third-order valence-corrected chi connectivity index (χ3v) is 2.42. The Kier molecular flexibility index (Phi) is 5.05. The third kappa shape index (κ3) is 3.70. The van der Waals surface area contributed by atoms with E-state index in [1.54, 1.807) is 0 Å². The molecule has 5 heteroatoms. The van der Waals surface area contributed by atoms with Gasteiger partial charge in [0.1, 0.15) is 5.15 Å². The van der Waals surface area contributed by atoms with E-state index in [4.69, 9.17) is 17.3 Å². The predicted molar refractivity (Wildman–Crippen MR) is 65.5 cm³/mol. The van der Waals surface area contributed by atoms with Crippen LogP contribution in [0, 0.1) is 0 Å². The van der Waals surface area contributed by atoms with Gasteiger partial charge in [0, 0.05) is 6.54 Å². The van der Waals surface area contributed by atoms with Crippen molar-refractivity contribution in [2.45, 2.75) is 26.2 Å². The van der Waals surface area contributed by atoms with Crippen LogP contribution >= 0.6 is 11.6 Å². The number of nitrogens with zero attached hydrogens (tertiary/aromatic N) is 1. The summed E-state index contributed by atoms with van der Waals surface area (Å²) in [5, 5.41) is 3.07. The maximum atomic E-state index is 11.7. The Morgan fingerprint density at radius 1 is 1.56 bits per heavy atom. The van der Waals surface area contributed by atoms with E-state index in [1.165, 1.54) is 12.3 Å². The van der Waals surface area contributed by atoms with Crippen molar-refractivity contribution < 1.29 is 4.79 Å². The van der Waals surface area contributed by atoms with E-state index in [9.17, 15) is 4.79 Å². The zero-order valence-corrected chi connectivity index (χ0v) is 10.0. The summed E-state index contributed by atoms with van der Waals surface area (Å²) >= 11 is 5.70. The van der Waals surface area contributed by atoms with Gasteiger partial charge in [0.25, 0.3) is 5.91 Å². The highest BCUT2D eigenvalue weighted by atomic mass is 35.5. The summed E-state index contributed by atoms with van der Waals surface area (Å²) in [4.78, 5) is 15.5. The zero-order chi connectivity index (χ0) is 12.0. The van der Waals surface area contributed by atoms with Gasteiger partial charge in [-0.1, -0.05) is 31.4 Å². The summed E-state index contributed by atoms with van der Waals surface area (Å²) in [6, 6.07) is 1.48. The number of halogens is 1. The molecule has 0 saturated carbocycles. The third-order valence-electron chi connectivity index (χ3n) is 2.21. The number of carbonyl (C=O) groups is 1. The fourth-order valence-corrected chi connectivity index (χ4v) is 1.47.